The van der Waals surface area contributed by atoms with E-state index in [9.17, 15) is 24.6 Å². The van der Waals surface area contributed by atoms with Gasteiger partial charge in [0.25, 0.3) is 0 Å². The number of aliphatic hydroxyl groups excluding tert-OH is 1. The minimum atomic E-state index is -0.772. The van der Waals surface area contributed by atoms with Gasteiger partial charge in [0.2, 0.25) is 0 Å². The van der Waals surface area contributed by atoms with Gasteiger partial charge in [0.15, 0.2) is 0 Å². The van der Waals surface area contributed by atoms with Crippen LogP contribution in [-0.2, 0) is 23.9 Å². The molecule has 0 bridgehead atoms. The summed E-state index contributed by atoms with van der Waals surface area (Å²) in [7, 11) is 0. The van der Waals surface area contributed by atoms with Crippen molar-refractivity contribution in [3.63, 3.8) is 0 Å². The van der Waals surface area contributed by atoms with Crippen LogP contribution in [0.1, 0.15) is 92.4 Å². The van der Waals surface area contributed by atoms with Gasteiger partial charge in [-0.25, -0.2) is 0 Å². The van der Waals surface area contributed by atoms with Gasteiger partial charge >= 0.3 is 17.9 Å². The molecule has 11 atom stereocenters. The first-order chi connectivity index (χ1) is 16.4. The second-order valence-electron chi connectivity index (χ2n) is 12.6. The van der Waals surface area contributed by atoms with E-state index in [4.69, 9.17) is 9.47 Å². The van der Waals surface area contributed by atoms with Crippen LogP contribution in [-0.4, -0.2) is 46.4 Å². The van der Waals surface area contributed by atoms with Crippen molar-refractivity contribution in [1.29, 1.82) is 0 Å². The monoisotopic (exact) mass is 492 g/mol. The van der Waals surface area contributed by atoms with Crippen LogP contribution < -0.4 is 0 Å². The smallest absolute Gasteiger partial charge is 0.303 e. The molecule has 4 aliphatic rings. The third-order valence-corrected chi connectivity index (χ3v) is 10.9. The van der Waals surface area contributed by atoms with E-state index in [2.05, 4.69) is 20.8 Å². The molecule has 0 aliphatic heterocycles. The average Bonchev–Trinajstić information content (AvgIpc) is 3.11. The molecule has 0 heterocycles. The summed E-state index contributed by atoms with van der Waals surface area (Å²) in [5, 5.41) is 20.9. The number of esters is 2. The van der Waals surface area contributed by atoms with E-state index in [1.807, 2.05) is 0 Å². The highest BCUT2D eigenvalue weighted by Crippen LogP contribution is 2.68. The van der Waals surface area contributed by atoms with Crippen molar-refractivity contribution >= 4 is 17.9 Å². The number of carbonyl (C=O) groups excluding carboxylic acids is 2. The maximum atomic E-state index is 12.2. The molecular formula is C28H44O7. The van der Waals surface area contributed by atoms with Gasteiger partial charge in [0, 0.05) is 26.2 Å². The first-order valence-electron chi connectivity index (χ1n) is 13.6. The topological polar surface area (TPSA) is 110 Å². The normalized spacial score (nSPS) is 45.4. The number of carbonyl (C=O) groups is 3. The van der Waals surface area contributed by atoms with Gasteiger partial charge in [0.05, 0.1) is 6.10 Å². The molecule has 0 radical (unpaired) electrons. The Morgan fingerprint density at radius 3 is 2.29 bits per heavy atom. The molecule has 7 nitrogen and oxygen atoms in total. The Hall–Kier alpha value is -1.63. The van der Waals surface area contributed by atoms with Crippen LogP contribution in [0.3, 0.4) is 0 Å². The van der Waals surface area contributed by atoms with Gasteiger partial charge in [-0.05, 0) is 91.8 Å². The van der Waals surface area contributed by atoms with Gasteiger partial charge < -0.3 is 19.7 Å². The Kier molecular flexibility index (Phi) is 7.31. The highest BCUT2D eigenvalue weighted by atomic mass is 16.5. The van der Waals surface area contributed by atoms with E-state index in [0.717, 1.165) is 38.5 Å². The van der Waals surface area contributed by atoms with Crippen LogP contribution >= 0.6 is 0 Å². The van der Waals surface area contributed by atoms with Crippen molar-refractivity contribution < 1.29 is 34.1 Å². The van der Waals surface area contributed by atoms with Gasteiger partial charge in [-0.1, -0.05) is 20.8 Å². The fourth-order valence-electron chi connectivity index (χ4n) is 9.32. The lowest BCUT2D eigenvalue weighted by Gasteiger charge is -2.64. The van der Waals surface area contributed by atoms with Crippen LogP contribution in [0.2, 0.25) is 0 Å². The van der Waals surface area contributed by atoms with Crippen molar-refractivity contribution in [1.82, 2.24) is 0 Å². The summed E-state index contributed by atoms with van der Waals surface area (Å²) in [6.45, 7) is 9.63. The lowest BCUT2D eigenvalue weighted by atomic mass is 9.43. The van der Waals surface area contributed by atoms with E-state index in [-0.39, 0.29) is 76.9 Å². The molecule has 0 amide bonds. The molecule has 4 rings (SSSR count). The van der Waals surface area contributed by atoms with E-state index in [0.29, 0.717) is 12.8 Å². The average molecular weight is 493 g/mol. The third-order valence-electron chi connectivity index (χ3n) is 10.9. The Morgan fingerprint density at radius 2 is 1.66 bits per heavy atom. The minimum Gasteiger partial charge on any atom is -0.481 e. The maximum absolute atomic E-state index is 12.2. The van der Waals surface area contributed by atoms with Crippen LogP contribution in [0.5, 0.6) is 0 Å². The fraction of sp³-hybridized carbons (Fsp3) is 0.893. The summed E-state index contributed by atoms with van der Waals surface area (Å²) in [6, 6.07) is 0. The third kappa shape index (κ3) is 4.62. The number of ether oxygens (including phenoxy) is 2. The maximum Gasteiger partial charge on any atom is 0.303 e. The van der Waals surface area contributed by atoms with Gasteiger partial charge in [-0.15, -0.1) is 0 Å². The number of aliphatic carboxylic acids is 1. The largest absolute Gasteiger partial charge is 0.481 e. The first-order valence-corrected chi connectivity index (χ1v) is 13.6. The van der Waals surface area contributed by atoms with Crippen molar-refractivity contribution in [3.8, 4) is 0 Å². The molecule has 0 aromatic carbocycles. The minimum absolute atomic E-state index is 0.00723. The van der Waals surface area contributed by atoms with Crippen molar-refractivity contribution in [2.24, 2.45) is 46.3 Å². The number of rotatable bonds is 6. The number of carboxylic acids is 1. The Morgan fingerprint density at radius 1 is 0.971 bits per heavy atom. The highest BCUT2D eigenvalue weighted by molar-refractivity contribution is 5.67. The Bertz CT molecular complexity index is 841. The second kappa shape index (κ2) is 9.68. The van der Waals surface area contributed by atoms with E-state index in [1.165, 1.54) is 13.8 Å². The van der Waals surface area contributed by atoms with Crippen molar-refractivity contribution in [2.45, 2.75) is 111 Å². The SMILES string of the molecule is CC(=O)O[C@@H]1CC[C@@]2(C)[C@H](C1)C[C@@H](OC(C)=O)[C@@H]1[C@@H]2C[C@@H](O)[C@]2(C)[C@@H]([C@H](C)CCC(=O)O)CC[C@@H]12. The summed E-state index contributed by atoms with van der Waals surface area (Å²) >= 11 is 0. The predicted octanol–water partition coefficient (Wildman–Crippen LogP) is 4.59. The van der Waals surface area contributed by atoms with Gasteiger partial charge in [-0.3, -0.25) is 14.4 Å². The standard InChI is InChI=1S/C28H44O7/c1-15(6-9-25(32)33)20-7-8-21-26-22(14-24(31)28(20,21)5)27(4)11-10-19(34-16(2)29)12-18(27)13-23(26)35-17(3)30/h15,18-24,26,31H,6-14H2,1-5H3,(H,32,33)/t15-,18-,19-,20-,21+,22+,23-,24-,26+,27+,28-/m1/s1. The number of fused-ring (bicyclic) bond motifs is 5. The molecule has 0 unspecified atom stereocenters. The molecule has 4 aliphatic carbocycles. The molecule has 2 N–H and O–H groups in total. The van der Waals surface area contributed by atoms with E-state index < -0.39 is 12.1 Å². The number of carboxylic acid groups (broad SMARTS) is 1. The molecule has 0 spiro atoms. The van der Waals surface area contributed by atoms with Crippen LogP contribution in [0.15, 0.2) is 0 Å². The molecule has 4 fully saturated rings. The highest BCUT2D eigenvalue weighted by Gasteiger charge is 2.66. The zero-order valence-electron chi connectivity index (χ0n) is 22.0. The van der Waals surface area contributed by atoms with Crippen molar-refractivity contribution in [3.05, 3.63) is 0 Å². The summed E-state index contributed by atoms with van der Waals surface area (Å²) < 4.78 is 11.6. The van der Waals surface area contributed by atoms with Crippen molar-refractivity contribution in [2.75, 3.05) is 0 Å². The number of aliphatic hydroxyl groups is 1. The molecule has 4 saturated carbocycles. The van der Waals surface area contributed by atoms with Crippen LogP contribution in [0.25, 0.3) is 0 Å². The molecule has 7 heteroatoms. The summed E-state index contributed by atoms with van der Waals surface area (Å²) in [5.74, 6) is 0.128. The summed E-state index contributed by atoms with van der Waals surface area (Å²) in [6.07, 6.45) is 5.99. The molecule has 0 saturated heterocycles. The first kappa shape index (κ1) is 26.4. The predicted molar refractivity (Wildman–Crippen MR) is 129 cm³/mol. The van der Waals surface area contributed by atoms with Crippen LogP contribution in [0.4, 0.5) is 0 Å². The molecule has 35 heavy (non-hydrogen) atoms. The van der Waals surface area contributed by atoms with Gasteiger partial charge in [0.1, 0.15) is 12.2 Å². The molecule has 0 aromatic rings. The summed E-state index contributed by atoms with van der Waals surface area (Å²) in [4.78, 5) is 35.0. The summed E-state index contributed by atoms with van der Waals surface area (Å²) in [5.41, 5.74) is -0.303. The zero-order valence-corrected chi connectivity index (χ0v) is 22.0. The quantitative estimate of drug-likeness (QED) is 0.522. The van der Waals surface area contributed by atoms with E-state index in [1.54, 1.807) is 0 Å². The molecule has 0 aromatic heterocycles. The lowest BCUT2D eigenvalue weighted by Crippen LogP contribution is -2.63. The zero-order chi connectivity index (χ0) is 25.7. The van der Waals surface area contributed by atoms with Crippen LogP contribution in [0, 0.1) is 46.3 Å². The fourth-order valence-corrected chi connectivity index (χ4v) is 9.32. The number of hydrogen-bond donors (Lipinski definition) is 2. The molecule has 198 valence electrons. The molecular weight excluding hydrogens is 448 g/mol. The number of hydrogen-bond acceptors (Lipinski definition) is 6. The second-order valence-corrected chi connectivity index (χ2v) is 12.6. The Balaban J connectivity index is 1.64. The lowest BCUT2D eigenvalue weighted by molar-refractivity contribution is -0.218. The van der Waals surface area contributed by atoms with Gasteiger partial charge in [-0.2, -0.15) is 0 Å². The van der Waals surface area contributed by atoms with E-state index >= 15 is 0 Å². The Labute approximate surface area is 209 Å².